The first-order chi connectivity index (χ1) is 22.8. The number of nitrogens with one attached hydrogen (secondary N) is 2. The molecule has 0 spiro atoms. The van der Waals surface area contributed by atoms with Gasteiger partial charge >= 0.3 is 15.6 Å². The Hall–Kier alpha value is -3.77. The van der Waals surface area contributed by atoms with Crippen molar-refractivity contribution in [3.8, 4) is 0 Å². The molecular formula is C22H29N10O14P2+. The normalized spacial score (nSPS) is 29.1. The predicted molar refractivity (Wildman–Crippen MR) is 157 cm³/mol. The van der Waals surface area contributed by atoms with Gasteiger partial charge in [0.05, 0.1) is 25.9 Å². The average molecular weight is 719 g/mol. The molecule has 0 aromatic carbocycles. The Bertz CT molecular complexity index is 2000. The summed E-state index contributed by atoms with van der Waals surface area (Å²) in [5.74, 6) is -0.488. The van der Waals surface area contributed by atoms with Crippen LogP contribution in [-0.2, 0) is 32.6 Å². The number of aliphatic hydroxyl groups is 3. The highest BCUT2D eigenvalue weighted by Gasteiger charge is 2.49. The van der Waals surface area contributed by atoms with Crippen molar-refractivity contribution in [1.82, 2.24) is 39.0 Å². The van der Waals surface area contributed by atoms with Gasteiger partial charge in [-0.05, 0) is 4.57 Å². The van der Waals surface area contributed by atoms with Gasteiger partial charge in [0.15, 0.2) is 34.8 Å². The number of aliphatic hydroxyl groups excluding tert-OH is 3. The molecule has 260 valence electrons. The Labute approximate surface area is 266 Å². The number of aromatic nitrogens is 8. The van der Waals surface area contributed by atoms with Crippen LogP contribution in [0.3, 0.4) is 0 Å². The van der Waals surface area contributed by atoms with Gasteiger partial charge in [-0.2, -0.15) is 14.9 Å². The van der Waals surface area contributed by atoms with Crippen molar-refractivity contribution < 1.29 is 57.7 Å². The highest BCUT2D eigenvalue weighted by molar-refractivity contribution is 7.52. The second kappa shape index (κ2) is 13.3. The second-order valence-electron chi connectivity index (χ2n) is 10.7. The van der Waals surface area contributed by atoms with Gasteiger partial charge < -0.3 is 55.2 Å². The molecule has 2 fully saturated rings. The molecule has 10 atom stereocenters. The Kier molecular flexibility index (Phi) is 9.43. The lowest BCUT2D eigenvalue weighted by atomic mass is 10.1. The topological polar surface area (TPSA) is 361 Å². The van der Waals surface area contributed by atoms with Crippen LogP contribution >= 0.6 is 15.6 Å². The number of rotatable bonds is 12. The standard InChI is InChI=1S/C22H28N10O14P2/c23-21-27-15-9(17(36)29-21)25-3-31(15)19-12(35)13(7(1-33)45-19)43-6-48(40,41)44-2-8-11(34)14(42-5-47(38)39)20(46-8)32-4-26-10-16(32)28-22(24)30-18(10)37/h3-4,7-8,11-14,19-20,33-35H,1-2,5-6H2,(H7-,23,24,27,28,29,30,36,37,38,39,40,41)/p+1/t7-,8-,11?,12?,13?,14?,19-,20-/m1/s1. The van der Waals surface area contributed by atoms with E-state index in [9.17, 15) is 43.8 Å². The molecule has 6 unspecified atom stereocenters. The Morgan fingerprint density at radius 3 is 2.04 bits per heavy atom. The van der Waals surface area contributed by atoms with Crippen LogP contribution in [0.5, 0.6) is 0 Å². The van der Waals surface area contributed by atoms with Crippen LogP contribution < -0.4 is 22.6 Å². The van der Waals surface area contributed by atoms with E-state index in [2.05, 4.69) is 29.9 Å². The Balaban J connectivity index is 1.14. The number of aromatic amines is 2. The van der Waals surface area contributed by atoms with Crippen molar-refractivity contribution in [3.05, 3.63) is 33.4 Å². The molecule has 0 radical (unpaired) electrons. The minimum atomic E-state index is -4.68. The monoisotopic (exact) mass is 719 g/mol. The SMILES string of the molecule is Nc1nc2c(ncn2[C@@H]2O[C@H](CO)C(OCP(=O)(O)OC[C@H]3O[C@@H](n4cnc5c(=O)[nH]c(N)nc54)C(OC[P+](=O)O)C3O)C2O)c(=O)[nH]1. The number of H-pyrrole nitrogens is 2. The summed E-state index contributed by atoms with van der Waals surface area (Å²) in [6.07, 6.45) is -10.6. The Morgan fingerprint density at radius 1 is 0.917 bits per heavy atom. The minimum Gasteiger partial charge on any atom is -0.394 e. The van der Waals surface area contributed by atoms with Gasteiger partial charge in [-0.15, -0.1) is 0 Å². The molecule has 6 rings (SSSR count). The largest absolute Gasteiger partial charge is 0.534 e. The Morgan fingerprint density at radius 2 is 1.48 bits per heavy atom. The van der Waals surface area contributed by atoms with Crippen molar-refractivity contribution >= 4 is 49.8 Å². The van der Waals surface area contributed by atoms with Crippen LogP contribution in [0.2, 0.25) is 0 Å². The first kappa shape index (κ1) is 34.1. The molecule has 11 N–H and O–H groups in total. The third-order valence-electron chi connectivity index (χ3n) is 7.50. The van der Waals surface area contributed by atoms with E-state index >= 15 is 0 Å². The summed E-state index contributed by atoms with van der Waals surface area (Å²) < 4.78 is 54.2. The van der Waals surface area contributed by atoms with E-state index in [1.54, 1.807) is 0 Å². The highest BCUT2D eigenvalue weighted by Crippen LogP contribution is 2.45. The van der Waals surface area contributed by atoms with Crippen molar-refractivity contribution in [2.24, 2.45) is 0 Å². The molecule has 2 aliphatic heterocycles. The number of imidazole rings is 2. The summed E-state index contributed by atoms with van der Waals surface area (Å²) in [5, 5.41) is 31.8. The molecule has 4 aromatic rings. The zero-order chi connectivity index (χ0) is 34.5. The first-order valence-corrected chi connectivity index (χ1v) is 17.0. The third kappa shape index (κ3) is 6.48. The molecule has 6 heterocycles. The summed E-state index contributed by atoms with van der Waals surface area (Å²) in [6, 6.07) is 0. The summed E-state index contributed by atoms with van der Waals surface area (Å²) in [5.41, 5.74) is 9.60. The van der Waals surface area contributed by atoms with Crippen molar-refractivity contribution in [2.75, 3.05) is 37.4 Å². The lowest BCUT2D eigenvalue weighted by Gasteiger charge is -2.22. The van der Waals surface area contributed by atoms with Crippen LogP contribution in [-0.4, -0.2) is 127 Å². The summed E-state index contributed by atoms with van der Waals surface area (Å²) in [7, 11) is -7.49. The first-order valence-electron chi connectivity index (χ1n) is 13.8. The van der Waals surface area contributed by atoms with Crippen molar-refractivity contribution in [1.29, 1.82) is 0 Å². The number of nitrogens with two attached hydrogens (primary N) is 2. The van der Waals surface area contributed by atoms with Crippen LogP contribution in [0.4, 0.5) is 11.9 Å². The van der Waals surface area contributed by atoms with Crippen LogP contribution in [0.15, 0.2) is 22.2 Å². The predicted octanol–water partition coefficient (Wildman–Crippen LogP) is -3.45. The van der Waals surface area contributed by atoms with Gasteiger partial charge in [0.1, 0.15) is 43.0 Å². The van der Waals surface area contributed by atoms with Crippen LogP contribution in [0.25, 0.3) is 22.3 Å². The van der Waals surface area contributed by atoms with Gasteiger partial charge in [0.2, 0.25) is 11.9 Å². The summed E-state index contributed by atoms with van der Waals surface area (Å²) in [4.78, 5) is 64.7. The number of anilines is 2. The molecule has 0 bridgehead atoms. The van der Waals surface area contributed by atoms with Crippen molar-refractivity contribution in [2.45, 2.75) is 49.1 Å². The molecule has 0 saturated carbocycles. The molecule has 0 aliphatic carbocycles. The van der Waals surface area contributed by atoms with Gasteiger partial charge in [-0.1, -0.05) is 0 Å². The van der Waals surface area contributed by atoms with Gasteiger partial charge in [-0.25, -0.2) is 9.97 Å². The number of hydrogen-bond acceptors (Lipinski definition) is 18. The summed E-state index contributed by atoms with van der Waals surface area (Å²) in [6.45, 7) is -1.42. The molecule has 0 amide bonds. The number of hydrogen-bond donors (Lipinski definition) is 9. The maximum Gasteiger partial charge on any atom is 0.534 e. The molecule has 4 aromatic heterocycles. The zero-order valence-corrected chi connectivity index (χ0v) is 26.0. The van der Waals surface area contributed by atoms with Gasteiger partial charge in [-0.3, -0.25) is 33.3 Å². The fraction of sp³-hybridized carbons (Fsp3) is 0.545. The van der Waals surface area contributed by atoms with Gasteiger partial charge in [0, 0.05) is 0 Å². The maximum absolute atomic E-state index is 13.0. The van der Waals surface area contributed by atoms with E-state index < -0.39 is 102 Å². The van der Waals surface area contributed by atoms with E-state index in [-0.39, 0.29) is 34.2 Å². The van der Waals surface area contributed by atoms with E-state index in [1.807, 2.05) is 0 Å². The average Bonchev–Trinajstić information content (AvgIpc) is 3.77. The molecule has 2 aliphatic rings. The van der Waals surface area contributed by atoms with E-state index in [0.717, 1.165) is 12.7 Å². The zero-order valence-electron chi connectivity index (χ0n) is 24.2. The number of fused-ring (bicyclic) bond motifs is 2. The lowest BCUT2D eigenvalue weighted by molar-refractivity contribution is -0.0632. The van der Waals surface area contributed by atoms with E-state index in [1.165, 1.54) is 9.13 Å². The quantitative estimate of drug-likeness (QED) is 0.0642. The molecule has 48 heavy (non-hydrogen) atoms. The van der Waals surface area contributed by atoms with Gasteiger partial charge in [0.25, 0.3) is 17.5 Å². The minimum absolute atomic E-state index is 0.0369. The molecule has 24 nitrogen and oxygen atoms in total. The fourth-order valence-electron chi connectivity index (χ4n) is 5.38. The van der Waals surface area contributed by atoms with Crippen LogP contribution in [0, 0.1) is 0 Å². The smallest absolute Gasteiger partial charge is 0.394 e. The molecule has 26 heteroatoms. The fourth-order valence-corrected chi connectivity index (χ4v) is 6.49. The molecule has 2 saturated heterocycles. The number of nitrogen functional groups attached to an aromatic ring is 2. The molecular weight excluding hydrogens is 690 g/mol. The maximum atomic E-state index is 13.0. The number of ether oxygens (including phenoxy) is 4. The van der Waals surface area contributed by atoms with E-state index in [4.69, 9.17) is 34.9 Å². The lowest BCUT2D eigenvalue weighted by Crippen LogP contribution is -2.37. The van der Waals surface area contributed by atoms with Crippen molar-refractivity contribution in [3.63, 3.8) is 0 Å². The highest BCUT2D eigenvalue weighted by atomic mass is 31.2. The third-order valence-corrected chi connectivity index (χ3v) is 8.90. The van der Waals surface area contributed by atoms with Crippen LogP contribution in [0.1, 0.15) is 12.5 Å². The summed E-state index contributed by atoms with van der Waals surface area (Å²) >= 11 is 0. The second-order valence-corrected chi connectivity index (χ2v) is 13.4. The van der Waals surface area contributed by atoms with E-state index in [0.29, 0.717) is 0 Å². The number of nitrogens with zero attached hydrogens (tertiary/aromatic N) is 6.